The molecule has 1 aliphatic heterocycles. The number of hydrogen-bond acceptors (Lipinski definition) is 4. The maximum Gasteiger partial charge on any atom is 0.157 e. The van der Waals surface area contributed by atoms with Crippen LogP contribution in [0.5, 0.6) is 0 Å². The zero-order chi connectivity index (χ0) is 23.7. The molecule has 1 saturated heterocycles. The van der Waals surface area contributed by atoms with Gasteiger partial charge in [-0.3, -0.25) is 4.90 Å². The standard InChI is InChI=1S/C27H36BN3O2/c1-16(2)25(17(3)27(32)33-5)18(4)31-12-6-7-24(31)26-29-15-23(30-26)21-9-8-20-14-22(28)11-10-19(20)13-21/h8-11,13-18,24-25,27,32H,6-7,12H2,1-5H3,(H,29,30)/t17?,18?,24-,25+,27?/m0/s1. The first-order valence-electron chi connectivity index (χ1n) is 12.1. The number of aromatic nitrogens is 2. The third kappa shape index (κ3) is 4.89. The summed E-state index contributed by atoms with van der Waals surface area (Å²) >= 11 is 0. The van der Waals surface area contributed by atoms with Gasteiger partial charge in [-0.15, -0.1) is 0 Å². The lowest BCUT2D eigenvalue weighted by Gasteiger charge is -2.41. The Morgan fingerprint density at radius 2 is 1.85 bits per heavy atom. The molecule has 174 valence electrons. The summed E-state index contributed by atoms with van der Waals surface area (Å²) in [6.07, 6.45) is 3.43. The smallest absolute Gasteiger partial charge is 0.157 e. The van der Waals surface area contributed by atoms with Gasteiger partial charge >= 0.3 is 0 Å². The Labute approximate surface area is 199 Å². The van der Waals surface area contributed by atoms with Crippen molar-refractivity contribution in [3.8, 4) is 11.3 Å². The summed E-state index contributed by atoms with van der Waals surface area (Å²) in [6.45, 7) is 9.91. The Hall–Kier alpha value is -2.15. The van der Waals surface area contributed by atoms with Crippen molar-refractivity contribution >= 4 is 24.1 Å². The van der Waals surface area contributed by atoms with Crippen molar-refractivity contribution in [1.82, 2.24) is 14.9 Å². The molecular weight excluding hydrogens is 409 g/mol. The van der Waals surface area contributed by atoms with Crippen LogP contribution in [0.3, 0.4) is 0 Å². The molecular formula is C27H36BN3O2. The molecule has 6 heteroatoms. The summed E-state index contributed by atoms with van der Waals surface area (Å²) in [5.41, 5.74) is 2.94. The monoisotopic (exact) mass is 445 g/mol. The number of aliphatic hydroxyl groups is 1. The van der Waals surface area contributed by atoms with Crippen LogP contribution in [0.25, 0.3) is 22.0 Å². The third-order valence-corrected chi connectivity index (χ3v) is 7.53. The van der Waals surface area contributed by atoms with E-state index in [-0.39, 0.29) is 12.0 Å². The SMILES string of the molecule is [B]c1ccc2cc(-c3cnc([C@@H]4CCCN4C(C)[C@H](C(C)C)C(C)C(O)OC)[nH]3)ccc2c1. The van der Waals surface area contributed by atoms with Gasteiger partial charge in [-0.2, -0.15) is 0 Å². The normalized spacial score (nSPS) is 20.9. The number of methoxy groups -OCH3 is 1. The minimum atomic E-state index is -0.751. The first-order valence-corrected chi connectivity index (χ1v) is 12.1. The molecule has 3 aromatic rings. The van der Waals surface area contributed by atoms with Crippen LogP contribution in [-0.2, 0) is 4.74 Å². The fourth-order valence-electron chi connectivity index (χ4n) is 5.88. The van der Waals surface area contributed by atoms with E-state index in [4.69, 9.17) is 17.6 Å². The van der Waals surface area contributed by atoms with Crippen LogP contribution >= 0.6 is 0 Å². The highest BCUT2D eigenvalue weighted by molar-refractivity contribution is 6.33. The van der Waals surface area contributed by atoms with Gasteiger partial charge in [0.2, 0.25) is 0 Å². The zero-order valence-corrected chi connectivity index (χ0v) is 20.5. The summed E-state index contributed by atoms with van der Waals surface area (Å²) < 4.78 is 5.27. The van der Waals surface area contributed by atoms with E-state index in [0.717, 1.165) is 47.3 Å². The van der Waals surface area contributed by atoms with Crippen LogP contribution in [0.15, 0.2) is 42.6 Å². The molecule has 0 aliphatic carbocycles. The number of imidazole rings is 1. The summed E-state index contributed by atoms with van der Waals surface area (Å²) in [5, 5.41) is 12.7. The number of aliphatic hydroxyl groups excluding tert-OH is 1. The van der Waals surface area contributed by atoms with Gasteiger partial charge in [-0.25, -0.2) is 4.98 Å². The highest BCUT2D eigenvalue weighted by Gasteiger charge is 2.39. The largest absolute Gasteiger partial charge is 0.368 e. The molecule has 1 fully saturated rings. The summed E-state index contributed by atoms with van der Waals surface area (Å²) in [5.74, 6) is 1.81. The lowest BCUT2D eigenvalue weighted by molar-refractivity contribution is -0.135. The number of nitrogens with zero attached hydrogens (tertiary/aromatic N) is 2. The minimum Gasteiger partial charge on any atom is -0.368 e. The molecule has 0 amide bonds. The second-order valence-corrected chi connectivity index (χ2v) is 9.95. The number of hydrogen-bond donors (Lipinski definition) is 2. The molecule has 5 atom stereocenters. The molecule has 0 spiro atoms. The molecule has 5 nitrogen and oxygen atoms in total. The van der Waals surface area contributed by atoms with E-state index in [0.29, 0.717) is 17.9 Å². The molecule has 1 aliphatic rings. The molecule has 0 bridgehead atoms. The van der Waals surface area contributed by atoms with Crippen molar-refractivity contribution < 1.29 is 9.84 Å². The highest BCUT2D eigenvalue weighted by Crippen LogP contribution is 2.39. The van der Waals surface area contributed by atoms with Crippen molar-refractivity contribution in [3.05, 3.63) is 48.4 Å². The average molecular weight is 445 g/mol. The van der Waals surface area contributed by atoms with E-state index in [1.165, 1.54) is 5.39 Å². The lowest BCUT2D eigenvalue weighted by atomic mass is 9.78. The molecule has 4 rings (SSSR count). The molecule has 2 radical (unpaired) electrons. The number of fused-ring (bicyclic) bond motifs is 1. The van der Waals surface area contributed by atoms with Crippen molar-refractivity contribution in [2.75, 3.05) is 13.7 Å². The number of rotatable bonds is 8. The number of ether oxygens (including phenoxy) is 1. The van der Waals surface area contributed by atoms with E-state index >= 15 is 0 Å². The maximum atomic E-state index is 10.4. The van der Waals surface area contributed by atoms with E-state index in [1.54, 1.807) is 7.11 Å². The maximum absolute atomic E-state index is 10.4. The number of nitrogens with one attached hydrogen (secondary N) is 1. The van der Waals surface area contributed by atoms with Crippen LogP contribution in [0.4, 0.5) is 0 Å². The second kappa shape index (κ2) is 10.0. The summed E-state index contributed by atoms with van der Waals surface area (Å²) in [7, 11) is 7.50. The van der Waals surface area contributed by atoms with E-state index < -0.39 is 6.29 Å². The van der Waals surface area contributed by atoms with Gasteiger partial charge in [0.1, 0.15) is 13.7 Å². The Morgan fingerprint density at radius 1 is 1.12 bits per heavy atom. The first-order chi connectivity index (χ1) is 15.8. The van der Waals surface area contributed by atoms with Gasteiger partial charge in [0, 0.05) is 24.6 Å². The predicted molar refractivity (Wildman–Crippen MR) is 136 cm³/mol. The molecule has 2 heterocycles. The van der Waals surface area contributed by atoms with Crippen molar-refractivity contribution in [3.63, 3.8) is 0 Å². The van der Waals surface area contributed by atoms with Gasteiger partial charge in [0.15, 0.2) is 6.29 Å². The summed E-state index contributed by atoms with van der Waals surface area (Å²) in [4.78, 5) is 11.0. The van der Waals surface area contributed by atoms with Crippen molar-refractivity contribution in [1.29, 1.82) is 0 Å². The minimum absolute atomic E-state index is 0.0463. The summed E-state index contributed by atoms with van der Waals surface area (Å²) in [6, 6.07) is 13.0. The Morgan fingerprint density at radius 3 is 2.58 bits per heavy atom. The lowest BCUT2D eigenvalue weighted by Crippen LogP contribution is -2.45. The van der Waals surface area contributed by atoms with Gasteiger partial charge < -0.3 is 14.8 Å². The number of H-pyrrole nitrogens is 1. The van der Waals surface area contributed by atoms with Gasteiger partial charge in [-0.05, 0) is 55.0 Å². The Balaban J connectivity index is 1.57. The van der Waals surface area contributed by atoms with Crippen LogP contribution in [-0.4, -0.2) is 53.8 Å². The van der Waals surface area contributed by atoms with Gasteiger partial charge in [0.25, 0.3) is 0 Å². The molecule has 2 aromatic carbocycles. The highest BCUT2D eigenvalue weighted by atomic mass is 16.6. The van der Waals surface area contributed by atoms with Crippen LogP contribution in [0, 0.1) is 17.8 Å². The molecule has 1 aromatic heterocycles. The third-order valence-electron chi connectivity index (χ3n) is 7.53. The number of aromatic amines is 1. The second-order valence-electron chi connectivity index (χ2n) is 9.95. The van der Waals surface area contributed by atoms with Crippen LogP contribution < -0.4 is 5.46 Å². The van der Waals surface area contributed by atoms with E-state index in [1.807, 2.05) is 18.3 Å². The average Bonchev–Trinajstić information content (AvgIpc) is 3.47. The van der Waals surface area contributed by atoms with Crippen LogP contribution in [0.1, 0.15) is 52.4 Å². The predicted octanol–water partition coefficient (Wildman–Crippen LogP) is 4.42. The molecule has 2 N–H and O–H groups in total. The fraction of sp³-hybridized carbons (Fsp3) is 0.519. The van der Waals surface area contributed by atoms with Crippen molar-refractivity contribution in [2.24, 2.45) is 17.8 Å². The van der Waals surface area contributed by atoms with E-state index in [2.05, 4.69) is 61.8 Å². The first kappa shape index (κ1) is 24.0. The molecule has 0 saturated carbocycles. The quantitative estimate of drug-likeness (QED) is 0.398. The number of likely N-dealkylation sites (tertiary alicyclic amines) is 1. The zero-order valence-electron chi connectivity index (χ0n) is 20.5. The fourth-order valence-corrected chi connectivity index (χ4v) is 5.88. The number of benzene rings is 2. The van der Waals surface area contributed by atoms with Gasteiger partial charge in [0.05, 0.1) is 17.9 Å². The van der Waals surface area contributed by atoms with E-state index in [9.17, 15) is 5.11 Å². The molecule has 33 heavy (non-hydrogen) atoms. The topological polar surface area (TPSA) is 61.4 Å². The molecule has 3 unspecified atom stereocenters. The van der Waals surface area contributed by atoms with Gasteiger partial charge in [-0.1, -0.05) is 56.6 Å². The van der Waals surface area contributed by atoms with Crippen molar-refractivity contribution in [2.45, 2.75) is 58.9 Å². The Bertz CT molecular complexity index is 1080. The van der Waals surface area contributed by atoms with Crippen LogP contribution in [0.2, 0.25) is 0 Å². The Kier molecular flexibility index (Phi) is 7.27.